The Balaban J connectivity index is 1.74. The molecule has 2 heterocycles. The summed E-state index contributed by atoms with van der Waals surface area (Å²) in [4.78, 5) is 25.8. The number of carbonyl (C=O) groups excluding carboxylic acids is 2. The molecule has 27 heavy (non-hydrogen) atoms. The zero-order valence-corrected chi connectivity index (χ0v) is 15.8. The first kappa shape index (κ1) is 17.8. The quantitative estimate of drug-likeness (QED) is 0.726. The van der Waals surface area contributed by atoms with Gasteiger partial charge in [-0.1, -0.05) is 35.0 Å². The number of carbonyl (C=O) groups is 2. The number of fused-ring (bicyclic) bond motifs is 1. The molecule has 0 spiro atoms. The van der Waals surface area contributed by atoms with Crippen molar-refractivity contribution in [3.05, 3.63) is 52.0 Å². The van der Waals surface area contributed by atoms with Gasteiger partial charge in [0, 0.05) is 0 Å². The van der Waals surface area contributed by atoms with Crippen LogP contribution in [0, 0.1) is 0 Å². The highest BCUT2D eigenvalue weighted by molar-refractivity contribution is 8.15. The third-order valence-electron chi connectivity index (χ3n) is 3.90. The minimum atomic E-state index is -0.477. The number of nitrogens with one attached hydrogen (secondary N) is 1. The summed E-state index contributed by atoms with van der Waals surface area (Å²) < 4.78 is 0. The lowest BCUT2D eigenvalue weighted by atomic mass is 10.1. The molecule has 2 amide bonds. The van der Waals surface area contributed by atoms with Gasteiger partial charge in [0.05, 0.1) is 32.7 Å². The Morgan fingerprint density at radius 2 is 1.74 bits per heavy atom. The number of halogens is 2. The summed E-state index contributed by atoms with van der Waals surface area (Å²) in [6.07, 6.45) is 0. The number of amides is 2. The molecule has 4 rings (SSSR count). The third kappa shape index (κ3) is 3.16. The average molecular weight is 421 g/mol. The Hall–Kier alpha value is -2.55. The fourth-order valence-corrected chi connectivity index (χ4v) is 3.94. The number of nitrogens with zero attached hydrogens (tertiary/aromatic N) is 3. The number of benzene rings is 2. The molecule has 0 atom stereocenters. The topological polar surface area (TPSA) is 94.4 Å². The molecule has 2 aliphatic heterocycles. The van der Waals surface area contributed by atoms with Crippen molar-refractivity contribution < 1.29 is 14.7 Å². The van der Waals surface area contributed by atoms with E-state index in [9.17, 15) is 14.7 Å². The average Bonchev–Trinajstić information content (AvgIpc) is 3.18. The van der Waals surface area contributed by atoms with Gasteiger partial charge in [0.2, 0.25) is 5.91 Å². The van der Waals surface area contributed by atoms with Gasteiger partial charge in [0.15, 0.2) is 10.9 Å². The van der Waals surface area contributed by atoms with Crippen LogP contribution in [-0.2, 0) is 9.59 Å². The SMILES string of the molecule is O=C1Nc2c(Cl)ccc(Cl)c2/C1=N/N=C1\SCC(=O)N1c1ccc(O)cc1. The molecule has 2 aliphatic rings. The smallest absolute Gasteiger partial charge is 0.277 e. The second kappa shape index (κ2) is 6.88. The summed E-state index contributed by atoms with van der Waals surface area (Å²) in [7, 11) is 0. The van der Waals surface area contributed by atoms with Crippen LogP contribution in [-0.4, -0.2) is 33.6 Å². The number of hydrogen-bond donors (Lipinski definition) is 2. The summed E-state index contributed by atoms with van der Waals surface area (Å²) in [5, 5.41) is 21.2. The molecule has 0 bridgehead atoms. The van der Waals surface area contributed by atoms with Gasteiger partial charge in [-0.05, 0) is 36.4 Å². The Morgan fingerprint density at radius 1 is 1.04 bits per heavy atom. The van der Waals surface area contributed by atoms with E-state index in [0.29, 0.717) is 32.2 Å². The third-order valence-corrected chi connectivity index (χ3v) is 5.45. The zero-order chi connectivity index (χ0) is 19.1. The van der Waals surface area contributed by atoms with E-state index in [-0.39, 0.29) is 23.1 Å². The molecule has 2 aromatic rings. The molecule has 0 unspecified atom stereocenters. The van der Waals surface area contributed by atoms with Crippen molar-refractivity contribution in [2.24, 2.45) is 10.2 Å². The first-order valence-corrected chi connectivity index (χ1v) is 9.40. The number of amidine groups is 1. The summed E-state index contributed by atoms with van der Waals surface area (Å²) in [5.41, 5.74) is 1.33. The highest BCUT2D eigenvalue weighted by Crippen LogP contribution is 2.36. The minimum Gasteiger partial charge on any atom is -0.508 e. The zero-order valence-electron chi connectivity index (χ0n) is 13.4. The molecule has 1 fully saturated rings. The Bertz CT molecular complexity index is 1040. The van der Waals surface area contributed by atoms with Gasteiger partial charge < -0.3 is 10.4 Å². The van der Waals surface area contributed by atoms with E-state index in [4.69, 9.17) is 23.2 Å². The molecule has 0 aromatic heterocycles. The first-order valence-electron chi connectivity index (χ1n) is 7.66. The predicted molar refractivity (Wildman–Crippen MR) is 107 cm³/mol. The van der Waals surface area contributed by atoms with Gasteiger partial charge in [0.1, 0.15) is 5.75 Å². The van der Waals surface area contributed by atoms with Crippen molar-refractivity contribution in [2.75, 3.05) is 16.0 Å². The van der Waals surface area contributed by atoms with E-state index in [1.165, 1.54) is 28.8 Å². The van der Waals surface area contributed by atoms with E-state index >= 15 is 0 Å². The number of rotatable bonds is 2. The summed E-state index contributed by atoms with van der Waals surface area (Å²) in [5.74, 6) is -0.376. The number of phenolic OH excluding ortho intramolecular Hbond substituents is 1. The van der Waals surface area contributed by atoms with E-state index in [2.05, 4.69) is 15.5 Å². The highest BCUT2D eigenvalue weighted by atomic mass is 35.5. The number of hydrogen-bond acceptors (Lipinski definition) is 6. The van der Waals surface area contributed by atoms with Gasteiger partial charge in [-0.2, -0.15) is 0 Å². The predicted octanol–water partition coefficient (Wildman–Crippen LogP) is 3.49. The van der Waals surface area contributed by atoms with Crippen molar-refractivity contribution in [3.8, 4) is 5.75 Å². The normalized spacial score (nSPS) is 19.1. The second-order valence-electron chi connectivity index (χ2n) is 5.60. The van der Waals surface area contributed by atoms with E-state index in [1.807, 2.05) is 0 Å². The maximum Gasteiger partial charge on any atom is 0.277 e. The Morgan fingerprint density at radius 3 is 2.48 bits per heavy atom. The van der Waals surface area contributed by atoms with E-state index < -0.39 is 5.91 Å². The molecule has 0 aliphatic carbocycles. The molecule has 10 heteroatoms. The summed E-state index contributed by atoms with van der Waals surface area (Å²) >= 11 is 13.5. The van der Waals surface area contributed by atoms with Crippen LogP contribution in [0.25, 0.3) is 0 Å². The molecular weight excluding hydrogens is 411 g/mol. The summed E-state index contributed by atoms with van der Waals surface area (Å²) in [6.45, 7) is 0. The second-order valence-corrected chi connectivity index (χ2v) is 7.36. The standard InChI is InChI=1S/C17H10Cl2N4O3S/c18-10-5-6-11(19)14-13(10)15(16(26)20-14)21-22-17-23(12(25)7-27-17)8-1-3-9(24)4-2-8/h1-6,24H,7H2,(H,20,21,26)/b22-17-. The maximum absolute atomic E-state index is 12.3. The maximum atomic E-state index is 12.3. The monoisotopic (exact) mass is 420 g/mol. The van der Waals surface area contributed by atoms with Crippen LogP contribution in [0.5, 0.6) is 5.75 Å². The first-order chi connectivity index (χ1) is 13.0. The van der Waals surface area contributed by atoms with Crippen LogP contribution in [0.4, 0.5) is 11.4 Å². The van der Waals surface area contributed by atoms with Crippen LogP contribution < -0.4 is 10.2 Å². The molecule has 136 valence electrons. The van der Waals surface area contributed by atoms with Gasteiger partial charge >= 0.3 is 0 Å². The van der Waals surface area contributed by atoms with Crippen molar-refractivity contribution in [3.63, 3.8) is 0 Å². The number of phenols is 1. The lowest BCUT2D eigenvalue weighted by molar-refractivity contribution is -0.115. The van der Waals surface area contributed by atoms with Gasteiger partial charge in [-0.15, -0.1) is 10.2 Å². The molecule has 0 radical (unpaired) electrons. The van der Waals surface area contributed by atoms with Crippen LogP contribution in [0.2, 0.25) is 10.0 Å². The van der Waals surface area contributed by atoms with Crippen molar-refractivity contribution in [1.82, 2.24) is 0 Å². The van der Waals surface area contributed by atoms with E-state index in [0.717, 1.165) is 0 Å². The van der Waals surface area contributed by atoms with Crippen molar-refractivity contribution in [1.29, 1.82) is 0 Å². The number of aromatic hydroxyl groups is 1. The van der Waals surface area contributed by atoms with Crippen LogP contribution in [0.1, 0.15) is 5.56 Å². The van der Waals surface area contributed by atoms with Crippen LogP contribution in [0.3, 0.4) is 0 Å². The van der Waals surface area contributed by atoms with Crippen molar-refractivity contribution in [2.45, 2.75) is 0 Å². The molecule has 0 saturated carbocycles. The largest absolute Gasteiger partial charge is 0.508 e. The fourth-order valence-electron chi connectivity index (χ4n) is 2.67. The van der Waals surface area contributed by atoms with Gasteiger partial charge in [-0.3, -0.25) is 14.5 Å². The molecular formula is C17H10Cl2N4O3S. The van der Waals surface area contributed by atoms with Gasteiger partial charge in [-0.25, -0.2) is 0 Å². The number of anilines is 2. The number of thioether (sulfide) groups is 1. The molecule has 1 saturated heterocycles. The van der Waals surface area contributed by atoms with Crippen LogP contribution in [0.15, 0.2) is 46.6 Å². The van der Waals surface area contributed by atoms with E-state index in [1.54, 1.807) is 24.3 Å². The molecule has 2 N–H and O–H groups in total. The lowest BCUT2D eigenvalue weighted by Gasteiger charge is -2.15. The summed E-state index contributed by atoms with van der Waals surface area (Å²) in [6, 6.07) is 9.28. The highest BCUT2D eigenvalue weighted by Gasteiger charge is 2.32. The van der Waals surface area contributed by atoms with Gasteiger partial charge in [0.25, 0.3) is 5.91 Å². The lowest BCUT2D eigenvalue weighted by Crippen LogP contribution is -2.29. The fraction of sp³-hybridized carbons (Fsp3) is 0.0588. The van der Waals surface area contributed by atoms with Crippen molar-refractivity contribution >= 4 is 69.0 Å². The minimum absolute atomic E-state index is 0.0237. The van der Waals surface area contributed by atoms with Crippen LogP contribution >= 0.6 is 35.0 Å². The Labute approximate surface area is 167 Å². The molecule has 2 aromatic carbocycles. The Kier molecular flexibility index (Phi) is 4.55. The molecule has 7 nitrogen and oxygen atoms in total.